The third-order valence-corrected chi connectivity index (χ3v) is 3.46. The number of carbonyl (C=O) groups is 1. The minimum atomic E-state index is -0.309. The fourth-order valence-electron chi connectivity index (χ4n) is 2.31. The van der Waals surface area contributed by atoms with Crippen LogP contribution in [0.2, 0.25) is 0 Å². The second-order valence-electron chi connectivity index (χ2n) is 5.18. The standard InChI is InChI=1S/C17H17NO4/c1-11-2-4-14(19)13(8-11)17(20)18-10-12-3-5-15-16(9-12)22-7-6-21-15/h2-5,8-9,19H,6-7,10H2,1H3,(H,18,20). The highest BCUT2D eigenvalue weighted by atomic mass is 16.6. The van der Waals surface area contributed by atoms with Gasteiger partial charge in [-0.15, -0.1) is 0 Å². The molecule has 1 amide bonds. The topological polar surface area (TPSA) is 67.8 Å². The monoisotopic (exact) mass is 299 g/mol. The molecule has 0 aliphatic carbocycles. The summed E-state index contributed by atoms with van der Waals surface area (Å²) in [5, 5.41) is 12.6. The summed E-state index contributed by atoms with van der Waals surface area (Å²) < 4.78 is 11.0. The SMILES string of the molecule is Cc1ccc(O)c(C(=O)NCc2ccc3c(c2)OCCO3)c1. The van der Waals surface area contributed by atoms with E-state index in [0.717, 1.165) is 16.9 Å². The van der Waals surface area contributed by atoms with Crippen LogP contribution in [0.5, 0.6) is 17.2 Å². The maximum absolute atomic E-state index is 12.2. The van der Waals surface area contributed by atoms with Gasteiger partial charge in [0.05, 0.1) is 5.56 Å². The molecule has 0 fully saturated rings. The Morgan fingerprint density at radius 2 is 1.91 bits per heavy atom. The maximum Gasteiger partial charge on any atom is 0.255 e. The third kappa shape index (κ3) is 2.98. The van der Waals surface area contributed by atoms with E-state index in [1.165, 1.54) is 6.07 Å². The molecule has 0 radical (unpaired) electrons. The van der Waals surface area contributed by atoms with Crippen molar-refractivity contribution in [1.82, 2.24) is 5.32 Å². The molecule has 0 unspecified atom stereocenters. The number of carbonyl (C=O) groups excluding carboxylic acids is 1. The second-order valence-corrected chi connectivity index (χ2v) is 5.18. The molecule has 1 heterocycles. The highest BCUT2D eigenvalue weighted by Gasteiger charge is 2.14. The molecule has 0 saturated carbocycles. The number of benzene rings is 2. The average molecular weight is 299 g/mol. The van der Waals surface area contributed by atoms with Crippen LogP contribution in [0.25, 0.3) is 0 Å². The fourth-order valence-corrected chi connectivity index (χ4v) is 2.31. The predicted molar refractivity (Wildman–Crippen MR) is 81.4 cm³/mol. The van der Waals surface area contributed by atoms with Crippen LogP contribution in [0.3, 0.4) is 0 Å². The molecule has 1 aliphatic rings. The van der Waals surface area contributed by atoms with Gasteiger partial charge >= 0.3 is 0 Å². The van der Waals surface area contributed by atoms with Crippen LogP contribution >= 0.6 is 0 Å². The van der Waals surface area contributed by atoms with Gasteiger partial charge in [0.25, 0.3) is 5.91 Å². The number of fused-ring (bicyclic) bond motifs is 1. The molecule has 5 heteroatoms. The Kier molecular flexibility index (Phi) is 3.87. The van der Waals surface area contributed by atoms with Crippen molar-refractivity contribution in [2.24, 2.45) is 0 Å². The number of aromatic hydroxyl groups is 1. The maximum atomic E-state index is 12.2. The summed E-state index contributed by atoms with van der Waals surface area (Å²) in [6, 6.07) is 10.5. The smallest absolute Gasteiger partial charge is 0.255 e. The van der Waals surface area contributed by atoms with E-state index in [1.54, 1.807) is 12.1 Å². The highest BCUT2D eigenvalue weighted by molar-refractivity contribution is 5.96. The van der Waals surface area contributed by atoms with E-state index in [1.807, 2.05) is 25.1 Å². The average Bonchev–Trinajstić information content (AvgIpc) is 2.54. The Balaban J connectivity index is 1.69. The summed E-state index contributed by atoms with van der Waals surface area (Å²) >= 11 is 0. The molecule has 2 aromatic carbocycles. The molecule has 0 aromatic heterocycles. The van der Waals surface area contributed by atoms with Crippen molar-refractivity contribution in [2.75, 3.05) is 13.2 Å². The summed E-state index contributed by atoms with van der Waals surface area (Å²) in [5.74, 6) is 1.08. The Bertz CT molecular complexity index is 712. The number of ether oxygens (including phenoxy) is 2. The molecule has 114 valence electrons. The molecule has 2 N–H and O–H groups in total. The van der Waals surface area contributed by atoms with E-state index >= 15 is 0 Å². The lowest BCUT2D eigenvalue weighted by Crippen LogP contribution is -2.23. The van der Waals surface area contributed by atoms with Crippen LogP contribution in [-0.2, 0) is 6.54 Å². The van der Waals surface area contributed by atoms with E-state index in [0.29, 0.717) is 25.5 Å². The molecule has 22 heavy (non-hydrogen) atoms. The second kappa shape index (κ2) is 5.97. The van der Waals surface area contributed by atoms with Gasteiger partial charge in [0.2, 0.25) is 0 Å². The molecule has 0 saturated heterocycles. The molecule has 3 rings (SSSR count). The number of hydrogen-bond donors (Lipinski definition) is 2. The zero-order valence-electron chi connectivity index (χ0n) is 12.3. The van der Waals surface area contributed by atoms with Gasteiger partial charge in [-0.2, -0.15) is 0 Å². The van der Waals surface area contributed by atoms with E-state index in [-0.39, 0.29) is 17.2 Å². The minimum Gasteiger partial charge on any atom is -0.507 e. The Labute approximate surface area is 128 Å². The Morgan fingerprint density at radius 1 is 1.14 bits per heavy atom. The van der Waals surface area contributed by atoms with Crippen molar-refractivity contribution >= 4 is 5.91 Å². The quantitative estimate of drug-likeness (QED) is 0.913. The van der Waals surface area contributed by atoms with Crippen LogP contribution in [0.1, 0.15) is 21.5 Å². The number of phenolic OH excluding ortho intramolecular Hbond substituents is 1. The van der Waals surface area contributed by atoms with Gasteiger partial charge in [-0.3, -0.25) is 4.79 Å². The largest absolute Gasteiger partial charge is 0.507 e. The van der Waals surface area contributed by atoms with Crippen LogP contribution in [0, 0.1) is 6.92 Å². The Hall–Kier alpha value is -2.69. The first-order chi connectivity index (χ1) is 10.6. The normalized spacial score (nSPS) is 12.8. The summed E-state index contributed by atoms with van der Waals surface area (Å²) in [5.41, 5.74) is 2.10. The number of hydrogen-bond acceptors (Lipinski definition) is 4. The number of amides is 1. The molecule has 0 bridgehead atoms. The minimum absolute atomic E-state index is 0.0229. The van der Waals surface area contributed by atoms with Crippen LogP contribution in [0.4, 0.5) is 0 Å². The number of rotatable bonds is 3. The van der Waals surface area contributed by atoms with E-state index in [2.05, 4.69) is 5.32 Å². The lowest BCUT2D eigenvalue weighted by molar-refractivity contribution is 0.0948. The van der Waals surface area contributed by atoms with Gasteiger partial charge < -0.3 is 19.9 Å². The lowest BCUT2D eigenvalue weighted by atomic mass is 10.1. The Morgan fingerprint density at radius 3 is 2.73 bits per heavy atom. The van der Waals surface area contributed by atoms with Crippen molar-refractivity contribution in [1.29, 1.82) is 0 Å². The third-order valence-electron chi connectivity index (χ3n) is 3.46. The number of nitrogens with one attached hydrogen (secondary N) is 1. The van der Waals surface area contributed by atoms with Crippen molar-refractivity contribution in [3.63, 3.8) is 0 Å². The lowest BCUT2D eigenvalue weighted by Gasteiger charge is -2.19. The van der Waals surface area contributed by atoms with Crippen LogP contribution < -0.4 is 14.8 Å². The molecule has 0 atom stereocenters. The van der Waals surface area contributed by atoms with Crippen molar-refractivity contribution in [3.8, 4) is 17.2 Å². The van der Waals surface area contributed by atoms with Crippen LogP contribution in [0.15, 0.2) is 36.4 Å². The van der Waals surface area contributed by atoms with Crippen molar-refractivity contribution in [2.45, 2.75) is 13.5 Å². The van der Waals surface area contributed by atoms with Gasteiger partial charge in [0.1, 0.15) is 19.0 Å². The summed E-state index contributed by atoms with van der Waals surface area (Å²) in [6.07, 6.45) is 0. The summed E-state index contributed by atoms with van der Waals surface area (Å²) in [7, 11) is 0. The first kappa shape index (κ1) is 14.3. The first-order valence-electron chi connectivity index (χ1n) is 7.10. The number of phenols is 1. The molecule has 2 aromatic rings. The van der Waals surface area contributed by atoms with Crippen LogP contribution in [-0.4, -0.2) is 24.2 Å². The van der Waals surface area contributed by atoms with E-state index in [9.17, 15) is 9.90 Å². The zero-order chi connectivity index (χ0) is 15.5. The summed E-state index contributed by atoms with van der Waals surface area (Å²) in [4.78, 5) is 12.2. The van der Waals surface area contributed by atoms with Crippen molar-refractivity contribution < 1.29 is 19.4 Å². The predicted octanol–water partition coefficient (Wildman–Crippen LogP) is 2.40. The van der Waals surface area contributed by atoms with E-state index < -0.39 is 0 Å². The molecular weight excluding hydrogens is 282 g/mol. The first-order valence-corrected chi connectivity index (χ1v) is 7.10. The molecule has 5 nitrogen and oxygen atoms in total. The molecule has 1 aliphatic heterocycles. The van der Waals surface area contributed by atoms with E-state index in [4.69, 9.17) is 9.47 Å². The van der Waals surface area contributed by atoms with Gasteiger partial charge in [-0.05, 0) is 36.8 Å². The van der Waals surface area contributed by atoms with Gasteiger partial charge in [-0.25, -0.2) is 0 Å². The van der Waals surface area contributed by atoms with Gasteiger partial charge in [-0.1, -0.05) is 17.7 Å². The number of aryl methyl sites for hydroxylation is 1. The zero-order valence-corrected chi connectivity index (χ0v) is 12.3. The van der Waals surface area contributed by atoms with Gasteiger partial charge in [0.15, 0.2) is 11.5 Å². The van der Waals surface area contributed by atoms with Gasteiger partial charge in [0, 0.05) is 6.54 Å². The fraction of sp³-hybridized carbons (Fsp3) is 0.235. The van der Waals surface area contributed by atoms with Crippen molar-refractivity contribution in [3.05, 3.63) is 53.1 Å². The highest BCUT2D eigenvalue weighted by Crippen LogP contribution is 2.30. The summed E-state index contributed by atoms with van der Waals surface area (Å²) in [6.45, 7) is 3.30. The molecule has 0 spiro atoms. The molecular formula is C17H17NO4.